The Morgan fingerprint density at radius 2 is 1.10 bits per heavy atom. The number of aromatic nitrogens is 1. The predicted molar refractivity (Wildman–Crippen MR) is 122 cm³/mol. The summed E-state index contributed by atoms with van der Waals surface area (Å²) in [7, 11) is 0. The van der Waals surface area contributed by atoms with Gasteiger partial charge in [-0.25, -0.2) is 0 Å². The van der Waals surface area contributed by atoms with Crippen LogP contribution in [0.15, 0.2) is 121 Å². The second kappa shape index (κ2) is 7.49. The normalized spacial score (nSPS) is 11.5. The van der Waals surface area contributed by atoms with Gasteiger partial charge in [-0.3, -0.25) is 4.79 Å². The number of nitrogens with one attached hydrogen (secondary N) is 1. The van der Waals surface area contributed by atoms with Crippen LogP contribution in [0.4, 0.5) is 0 Å². The van der Waals surface area contributed by atoms with Crippen LogP contribution in [0.1, 0.15) is 27.0 Å². The summed E-state index contributed by atoms with van der Waals surface area (Å²) in [6.07, 6.45) is 1.99. The lowest BCUT2D eigenvalue weighted by Crippen LogP contribution is -2.38. The zero-order valence-electron chi connectivity index (χ0n) is 16.5. The Hall–Kier alpha value is -3.91. The number of fused-ring (bicyclic) bond motifs is 1. The van der Waals surface area contributed by atoms with E-state index in [9.17, 15) is 4.79 Å². The molecule has 0 spiro atoms. The molecule has 0 saturated carbocycles. The molecule has 4 aromatic carbocycles. The Labute approximate surface area is 175 Å². The average Bonchev–Trinajstić information content (AvgIpc) is 3.26. The minimum Gasteiger partial charge on any atom is -0.361 e. The quantitative estimate of drug-likeness (QED) is 0.349. The number of hydrogen-bond acceptors (Lipinski definition) is 1. The molecule has 0 radical (unpaired) electrons. The van der Waals surface area contributed by atoms with Crippen molar-refractivity contribution < 1.29 is 4.79 Å². The van der Waals surface area contributed by atoms with Crippen molar-refractivity contribution in [1.29, 1.82) is 0 Å². The first-order chi connectivity index (χ1) is 14.8. The summed E-state index contributed by atoms with van der Waals surface area (Å²) in [4.78, 5) is 17.8. The van der Waals surface area contributed by atoms with Crippen molar-refractivity contribution in [3.05, 3.63) is 144 Å². The highest BCUT2D eigenvalue weighted by atomic mass is 16.1. The zero-order chi connectivity index (χ0) is 20.4. The van der Waals surface area contributed by atoms with Gasteiger partial charge < -0.3 is 4.98 Å². The molecule has 0 aliphatic carbocycles. The number of carbonyl (C=O) groups is 1. The lowest BCUT2D eigenvalue weighted by atomic mass is 9.65. The van der Waals surface area contributed by atoms with Gasteiger partial charge in [0.05, 0.1) is 0 Å². The number of Topliss-reactive ketones (excluding diaryl/α,β-unsaturated/α-hetero) is 1. The number of aromatic amines is 1. The fraction of sp³-hybridized carbons (Fsp3) is 0.0357. The third kappa shape index (κ3) is 2.77. The van der Waals surface area contributed by atoms with Crippen molar-refractivity contribution in [1.82, 2.24) is 4.98 Å². The molecular formula is C28H21NO. The summed E-state index contributed by atoms with van der Waals surface area (Å²) >= 11 is 0. The van der Waals surface area contributed by atoms with E-state index in [1.165, 1.54) is 0 Å². The van der Waals surface area contributed by atoms with E-state index in [1.807, 2.05) is 91.1 Å². The van der Waals surface area contributed by atoms with Crippen molar-refractivity contribution in [3.8, 4) is 0 Å². The smallest absolute Gasteiger partial charge is 0.182 e. The summed E-state index contributed by atoms with van der Waals surface area (Å²) < 4.78 is 0. The topological polar surface area (TPSA) is 32.9 Å². The molecule has 0 bridgehead atoms. The molecule has 30 heavy (non-hydrogen) atoms. The van der Waals surface area contributed by atoms with Crippen molar-refractivity contribution >= 4 is 16.7 Å². The van der Waals surface area contributed by atoms with Gasteiger partial charge in [0.2, 0.25) is 0 Å². The van der Waals surface area contributed by atoms with Crippen LogP contribution >= 0.6 is 0 Å². The third-order valence-corrected chi connectivity index (χ3v) is 5.78. The molecule has 5 rings (SSSR count). The Balaban J connectivity index is 1.92. The van der Waals surface area contributed by atoms with Gasteiger partial charge in [-0.1, -0.05) is 109 Å². The van der Waals surface area contributed by atoms with Gasteiger partial charge in [-0.05, 0) is 17.2 Å². The second-order valence-corrected chi connectivity index (χ2v) is 7.43. The van der Waals surface area contributed by atoms with Gasteiger partial charge in [0, 0.05) is 28.2 Å². The molecule has 1 N–H and O–H groups in total. The van der Waals surface area contributed by atoms with Crippen LogP contribution in [0.2, 0.25) is 0 Å². The van der Waals surface area contributed by atoms with Crippen molar-refractivity contribution in [2.24, 2.45) is 0 Å². The molecular weight excluding hydrogens is 366 g/mol. The molecule has 0 aliphatic rings. The number of ketones is 1. The van der Waals surface area contributed by atoms with Crippen LogP contribution < -0.4 is 0 Å². The van der Waals surface area contributed by atoms with E-state index in [1.54, 1.807) is 0 Å². The summed E-state index contributed by atoms with van der Waals surface area (Å²) in [6, 6.07) is 37.9. The van der Waals surface area contributed by atoms with Crippen molar-refractivity contribution in [2.45, 2.75) is 5.41 Å². The van der Waals surface area contributed by atoms with Gasteiger partial charge in [-0.15, -0.1) is 0 Å². The molecule has 2 heteroatoms. The highest BCUT2D eigenvalue weighted by molar-refractivity contribution is 6.11. The molecule has 1 aromatic heterocycles. The van der Waals surface area contributed by atoms with Crippen LogP contribution in [0, 0.1) is 0 Å². The third-order valence-electron chi connectivity index (χ3n) is 5.78. The van der Waals surface area contributed by atoms with Crippen LogP contribution in [0.3, 0.4) is 0 Å². The first kappa shape index (κ1) is 18.1. The average molecular weight is 387 g/mol. The number of rotatable bonds is 5. The fourth-order valence-corrected chi connectivity index (χ4v) is 4.43. The molecule has 5 aromatic rings. The molecule has 0 fully saturated rings. The molecule has 0 aliphatic heterocycles. The number of carbonyl (C=O) groups excluding carboxylic acids is 1. The molecule has 1 heterocycles. The predicted octanol–water partition coefficient (Wildman–Crippen LogP) is 6.39. The van der Waals surface area contributed by atoms with Gasteiger partial charge in [-0.2, -0.15) is 0 Å². The molecule has 2 nitrogen and oxygen atoms in total. The zero-order valence-corrected chi connectivity index (χ0v) is 16.5. The van der Waals surface area contributed by atoms with Crippen LogP contribution in [-0.2, 0) is 5.41 Å². The monoisotopic (exact) mass is 387 g/mol. The van der Waals surface area contributed by atoms with E-state index < -0.39 is 5.41 Å². The summed E-state index contributed by atoms with van der Waals surface area (Å²) in [6.45, 7) is 0. The van der Waals surface area contributed by atoms with Gasteiger partial charge in [0.25, 0.3) is 0 Å². The summed E-state index contributed by atoms with van der Waals surface area (Å²) in [5, 5.41) is 1.05. The molecule has 0 amide bonds. The van der Waals surface area contributed by atoms with Gasteiger partial charge >= 0.3 is 0 Å². The maximum absolute atomic E-state index is 14.4. The maximum Gasteiger partial charge on any atom is 0.182 e. The Bertz CT molecular complexity index is 1250. The molecule has 0 saturated heterocycles. The number of H-pyrrole nitrogens is 1. The lowest BCUT2D eigenvalue weighted by molar-refractivity contribution is 0.0936. The number of hydrogen-bond donors (Lipinski definition) is 1. The van der Waals surface area contributed by atoms with E-state index in [0.29, 0.717) is 5.56 Å². The lowest BCUT2D eigenvalue weighted by Gasteiger charge is -2.34. The summed E-state index contributed by atoms with van der Waals surface area (Å²) in [5.41, 5.74) is 3.61. The molecule has 144 valence electrons. The molecule has 0 unspecified atom stereocenters. The van der Waals surface area contributed by atoms with Crippen molar-refractivity contribution in [3.63, 3.8) is 0 Å². The Morgan fingerprint density at radius 3 is 1.70 bits per heavy atom. The van der Waals surface area contributed by atoms with Crippen molar-refractivity contribution in [2.75, 3.05) is 0 Å². The van der Waals surface area contributed by atoms with Crippen LogP contribution in [0.25, 0.3) is 10.9 Å². The first-order valence-corrected chi connectivity index (χ1v) is 10.1. The highest BCUT2D eigenvalue weighted by Gasteiger charge is 2.45. The van der Waals surface area contributed by atoms with Gasteiger partial charge in [0.15, 0.2) is 5.78 Å². The number of para-hydroxylation sites is 1. The second-order valence-electron chi connectivity index (χ2n) is 7.43. The maximum atomic E-state index is 14.4. The van der Waals surface area contributed by atoms with E-state index in [4.69, 9.17) is 0 Å². The standard InChI is InChI=1S/C28H21NO/c30-27(21-12-4-1-5-13-21)28(22-14-6-2-7-15-22,23-16-8-3-9-17-23)25-20-29-26-19-11-10-18-24(25)26/h1-20,29H. The summed E-state index contributed by atoms with van der Waals surface area (Å²) in [5.74, 6) is 0.0604. The highest BCUT2D eigenvalue weighted by Crippen LogP contribution is 2.44. The van der Waals surface area contributed by atoms with E-state index in [2.05, 4.69) is 35.3 Å². The van der Waals surface area contributed by atoms with E-state index >= 15 is 0 Å². The Kier molecular flexibility index (Phi) is 4.53. The SMILES string of the molecule is O=C(c1ccccc1)C(c1ccccc1)(c1ccccc1)c1c[nH]c2ccccc12. The van der Waals surface area contributed by atoms with Gasteiger partial charge in [0.1, 0.15) is 5.41 Å². The van der Waals surface area contributed by atoms with E-state index in [0.717, 1.165) is 27.6 Å². The molecule has 0 atom stereocenters. The van der Waals surface area contributed by atoms with E-state index in [-0.39, 0.29) is 5.78 Å². The first-order valence-electron chi connectivity index (χ1n) is 10.1. The van der Waals surface area contributed by atoms with Crippen LogP contribution in [-0.4, -0.2) is 10.8 Å². The largest absolute Gasteiger partial charge is 0.361 e. The minimum absolute atomic E-state index is 0.0604. The van der Waals surface area contributed by atoms with Crippen LogP contribution in [0.5, 0.6) is 0 Å². The number of benzene rings is 4. The Morgan fingerprint density at radius 1 is 0.600 bits per heavy atom. The fourth-order valence-electron chi connectivity index (χ4n) is 4.43. The minimum atomic E-state index is -0.969.